The van der Waals surface area contributed by atoms with Gasteiger partial charge in [-0.05, 0) is 19.1 Å². The molecule has 0 bridgehead atoms. The Morgan fingerprint density at radius 1 is 1.08 bits per heavy atom. The van der Waals surface area contributed by atoms with Gasteiger partial charge >= 0.3 is 43.7 Å². The minimum atomic E-state index is -1.10. The Morgan fingerprint density at radius 3 is 2.24 bits per heavy atom. The van der Waals surface area contributed by atoms with Crippen molar-refractivity contribution >= 4 is 55.4 Å². The van der Waals surface area contributed by atoms with E-state index in [2.05, 4.69) is 5.32 Å². The van der Waals surface area contributed by atoms with Gasteiger partial charge in [0.05, 0.1) is 12.1 Å². The molecule has 1 aromatic heterocycles. The Labute approximate surface area is 175 Å². The molecule has 0 fully saturated rings. The van der Waals surface area contributed by atoms with Gasteiger partial charge in [-0.3, -0.25) is 14.4 Å². The molecule has 132 valence electrons. The fourth-order valence-corrected chi connectivity index (χ4v) is 2.21. The Bertz CT molecular complexity index is 753. The van der Waals surface area contributed by atoms with Crippen molar-refractivity contribution in [1.82, 2.24) is 9.88 Å². The summed E-state index contributed by atoms with van der Waals surface area (Å²) in [6.07, 6.45) is 0.0188. The monoisotopic (exact) mass is 374 g/mol. The third-order valence-corrected chi connectivity index (χ3v) is 3.55. The van der Waals surface area contributed by atoms with Crippen molar-refractivity contribution in [3.05, 3.63) is 58.9 Å². The summed E-state index contributed by atoms with van der Waals surface area (Å²) >= 11 is 0. The number of aliphatic carboxylic acids is 1. The molecule has 0 spiro atoms. The molecule has 0 saturated carbocycles. The molecule has 2 aromatic rings. The number of amides is 1. The van der Waals surface area contributed by atoms with Gasteiger partial charge in [0.25, 0.3) is 0 Å². The zero-order valence-electron chi connectivity index (χ0n) is 13.5. The van der Waals surface area contributed by atoms with Gasteiger partial charge in [-0.1, -0.05) is 29.8 Å². The number of nitrogens with one attached hydrogen (secondary N) is 1. The van der Waals surface area contributed by atoms with Crippen LogP contribution in [0.3, 0.4) is 0 Å². The molecule has 0 aliphatic heterocycles. The number of ketones is 1. The van der Waals surface area contributed by atoms with Gasteiger partial charge in [-0.15, -0.1) is 0 Å². The van der Waals surface area contributed by atoms with E-state index in [1.807, 2.05) is 19.1 Å². The molecule has 0 aliphatic carbocycles. The van der Waals surface area contributed by atoms with E-state index in [0.717, 1.165) is 5.56 Å². The summed E-state index contributed by atoms with van der Waals surface area (Å²) in [5.74, 6) is -1.62. The fourth-order valence-electron chi connectivity index (χ4n) is 2.21. The van der Waals surface area contributed by atoms with Gasteiger partial charge < -0.3 is 20.5 Å². The quantitative estimate of drug-likeness (QED) is 0.526. The summed E-state index contributed by atoms with van der Waals surface area (Å²) in [7, 11) is 1.71. The fraction of sp³-hybridized carbons (Fsp3) is 0.235. The number of hydrogen-bond acceptors (Lipinski definition) is 3. The van der Waals surface area contributed by atoms with Crippen LogP contribution >= 0.6 is 0 Å². The van der Waals surface area contributed by atoms with Crippen molar-refractivity contribution in [2.75, 3.05) is 6.54 Å². The first-order chi connectivity index (χ1) is 10.9. The average molecular weight is 374 g/mol. The second kappa shape index (κ2) is 10.4. The number of hydrogen-bond donors (Lipinski definition) is 2. The average Bonchev–Trinajstić information content (AvgIpc) is 2.86. The van der Waals surface area contributed by atoms with Crippen molar-refractivity contribution in [1.29, 1.82) is 0 Å². The summed E-state index contributed by atoms with van der Waals surface area (Å²) in [6.45, 7) is 1.53. The predicted octanol–water partition coefficient (Wildman–Crippen LogP) is -0.433. The van der Waals surface area contributed by atoms with Crippen LogP contribution in [-0.2, 0) is 23.1 Å². The van der Waals surface area contributed by atoms with Gasteiger partial charge in [0, 0.05) is 18.3 Å². The minimum absolute atomic E-state index is 0. The molecule has 4 N–H and O–H groups in total. The molecule has 1 amide bonds. The molecule has 2 rings (SSSR count). The van der Waals surface area contributed by atoms with Gasteiger partial charge in [0.1, 0.15) is 6.54 Å². The number of carboxylic acids is 1. The number of benzene rings is 1. The molecule has 0 aliphatic rings. The Morgan fingerprint density at radius 2 is 1.68 bits per heavy atom. The number of carbonyl (C=O) groups is 3. The van der Waals surface area contributed by atoms with Crippen molar-refractivity contribution < 1.29 is 25.0 Å². The van der Waals surface area contributed by atoms with Crippen LogP contribution in [0.4, 0.5) is 0 Å². The molecule has 0 unspecified atom stereocenters. The summed E-state index contributed by atoms with van der Waals surface area (Å²) in [6, 6.07) is 10.6. The van der Waals surface area contributed by atoms with Gasteiger partial charge in [-0.25, -0.2) is 0 Å². The number of carboxylic acid groups (broad SMARTS) is 1. The van der Waals surface area contributed by atoms with Gasteiger partial charge in [-0.2, -0.15) is 0 Å². The van der Waals surface area contributed by atoms with Crippen molar-refractivity contribution in [2.45, 2.75) is 13.3 Å². The second-order valence-corrected chi connectivity index (χ2v) is 5.31. The SMILES string of the molecule is Cc1ccc(C(=O)c2ccc(CC(=O)NCC(=O)O)n2C)cc1.O.[CaH2]. The van der Waals surface area contributed by atoms with E-state index in [9.17, 15) is 14.4 Å². The van der Waals surface area contributed by atoms with E-state index in [-0.39, 0.29) is 55.4 Å². The van der Waals surface area contributed by atoms with E-state index in [1.54, 1.807) is 35.9 Å². The zero-order valence-corrected chi connectivity index (χ0v) is 13.5. The van der Waals surface area contributed by atoms with Crippen molar-refractivity contribution in [2.24, 2.45) is 7.05 Å². The topological polar surface area (TPSA) is 120 Å². The maximum atomic E-state index is 12.5. The van der Waals surface area contributed by atoms with Crippen molar-refractivity contribution in [3.8, 4) is 0 Å². The molecule has 1 heterocycles. The van der Waals surface area contributed by atoms with E-state index in [0.29, 0.717) is 17.0 Å². The van der Waals surface area contributed by atoms with Crippen LogP contribution in [0, 0.1) is 6.92 Å². The summed E-state index contributed by atoms with van der Waals surface area (Å²) < 4.78 is 1.66. The van der Waals surface area contributed by atoms with E-state index in [4.69, 9.17) is 5.11 Å². The Hall–Kier alpha value is -1.67. The van der Waals surface area contributed by atoms with Crippen LogP contribution in [0.15, 0.2) is 36.4 Å². The summed E-state index contributed by atoms with van der Waals surface area (Å²) in [5.41, 5.74) is 2.78. The Kier molecular flexibility index (Phi) is 9.66. The molecule has 7 nitrogen and oxygen atoms in total. The third kappa shape index (κ3) is 6.28. The number of aromatic nitrogens is 1. The molecular formula is C17H22CaN2O5. The normalized spacial score (nSPS) is 9.52. The van der Waals surface area contributed by atoms with Crippen LogP contribution < -0.4 is 5.32 Å². The van der Waals surface area contributed by atoms with Crippen molar-refractivity contribution in [3.63, 3.8) is 0 Å². The van der Waals surface area contributed by atoms with Crippen LogP contribution in [-0.4, -0.2) is 77.1 Å². The first kappa shape index (κ1) is 23.3. The predicted molar refractivity (Wildman–Crippen MR) is 96.5 cm³/mol. The maximum absolute atomic E-state index is 12.5. The summed E-state index contributed by atoms with van der Waals surface area (Å²) in [4.78, 5) is 34.6. The Balaban J connectivity index is 0.00000288. The third-order valence-electron chi connectivity index (χ3n) is 3.55. The molecule has 0 radical (unpaired) electrons. The molecule has 1 aromatic carbocycles. The standard InChI is InChI=1S/C17H18N2O4.Ca.H2O.2H/c1-11-3-5-12(6-4-11)17(23)14-8-7-13(19(14)2)9-15(20)18-10-16(21)22;;;;/h3-8H,9-10H2,1-2H3,(H,18,20)(H,21,22);;1H2;;. The van der Waals surface area contributed by atoms with E-state index in [1.165, 1.54) is 0 Å². The number of carbonyl (C=O) groups excluding carboxylic acids is 2. The van der Waals surface area contributed by atoms with Gasteiger partial charge in [0.2, 0.25) is 11.7 Å². The molecule has 0 atom stereocenters. The van der Waals surface area contributed by atoms with Crippen LogP contribution in [0.1, 0.15) is 27.3 Å². The van der Waals surface area contributed by atoms with E-state index < -0.39 is 18.4 Å². The van der Waals surface area contributed by atoms with Crippen LogP contribution in [0.5, 0.6) is 0 Å². The molecule has 0 saturated heterocycles. The van der Waals surface area contributed by atoms with Crippen LogP contribution in [0.25, 0.3) is 0 Å². The van der Waals surface area contributed by atoms with E-state index >= 15 is 0 Å². The molecule has 8 heteroatoms. The molecular weight excluding hydrogens is 352 g/mol. The second-order valence-electron chi connectivity index (χ2n) is 5.31. The number of rotatable bonds is 6. The number of nitrogens with zero attached hydrogens (tertiary/aromatic N) is 1. The first-order valence-electron chi connectivity index (χ1n) is 7.13. The number of aryl methyl sites for hydroxylation is 1. The zero-order chi connectivity index (χ0) is 17.0. The summed E-state index contributed by atoms with van der Waals surface area (Å²) in [5, 5.41) is 10.8. The van der Waals surface area contributed by atoms with Gasteiger partial charge in [0.15, 0.2) is 0 Å². The first-order valence-corrected chi connectivity index (χ1v) is 7.13. The van der Waals surface area contributed by atoms with Crippen LogP contribution in [0.2, 0.25) is 0 Å². The molecule has 25 heavy (non-hydrogen) atoms.